The Morgan fingerprint density at radius 1 is 0.957 bits per heavy atom. The van der Waals surface area contributed by atoms with Gasteiger partial charge < -0.3 is 15.2 Å². The average molecular weight is 333 g/mol. The quantitative estimate of drug-likeness (QED) is 0.341. The molecule has 0 radical (unpaired) electrons. The molecule has 0 bridgehead atoms. The molecule has 4 heteroatoms. The third kappa shape index (κ3) is 24.4. The van der Waals surface area contributed by atoms with Crippen molar-refractivity contribution in [2.24, 2.45) is 5.92 Å². The topological polar surface area (TPSA) is 52.2 Å². The van der Waals surface area contributed by atoms with Crippen molar-refractivity contribution in [1.82, 2.24) is 5.32 Å². The van der Waals surface area contributed by atoms with Gasteiger partial charge >= 0.3 is 29.6 Å². The number of rotatable bonds is 16. The number of carboxylic acid groups (broad SMARTS) is 1. The monoisotopic (exact) mass is 333 g/mol. The van der Waals surface area contributed by atoms with E-state index in [-0.39, 0.29) is 36.0 Å². The van der Waals surface area contributed by atoms with Gasteiger partial charge in [0.2, 0.25) is 0 Å². The minimum absolute atomic E-state index is 0. The van der Waals surface area contributed by atoms with Crippen LogP contribution in [-0.4, -0.2) is 12.5 Å². The van der Waals surface area contributed by atoms with Gasteiger partial charge in [-0.1, -0.05) is 77.7 Å². The molecule has 0 aliphatic carbocycles. The minimum atomic E-state index is -0.999. The summed E-state index contributed by atoms with van der Waals surface area (Å²) >= 11 is 0. The van der Waals surface area contributed by atoms with E-state index in [1.807, 2.05) is 6.20 Å². The van der Waals surface area contributed by atoms with E-state index in [1.54, 1.807) is 0 Å². The summed E-state index contributed by atoms with van der Waals surface area (Å²) < 4.78 is 0. The Balaban J connectivity index is 0. The Bertz CT molecular complexity index is 281. The molecule has 0 aliphatic rings. The molecule has 1 N–H and O–H groups in total. The van der Waals surface area contributed by atoms with Gasteiger partial charge in [0.1, 0.15) is 0 Å². The van der Waals surface area contributed by atoms with Gasteiger partial charge in [-0.15, -0.1) is 0 Å². The first kappa shape index (κ1) is 25.3. The summed E-state index contributed by atoms with van der Waals surface area (Å²) in [5.74, 6) is -0.140. The van der Waals surface area contributed by atoms with Crippen LogP contribution in [0.25, 0.3) is 0 Å². The van der Waals surface area contributed by atoms with Crippen LogP contribution in [0.15, 0.2) is 12.3 Å². The number of carbonyl (C=O) groups excluding carboxylic acids is 1. The zero-order chi connectivity index (χ0) is 16.5. The molecule has 0 aliphatic heterocycles. The summed E-state index contributed by atoms with van der Waals surface area (Å²) in [4.78, 5) is 10.2. The second kappa shape index (κ2) is 20.1. The number of carboxylic acids is 1. The van der Waals surface area contributed by atoms with E-state index < -0.39 is 5.97 Å². The maximum absolute atomic E-state index is 10.2. The van der Waals surface area contributed by atoms with Crippen LogP contribution in [0.5, 0.6) is 0 Å². The molecule has 0 aromatic heterocycles. The first-order chi connectivity index (χ1) is 10.6. The molecule has 0 spiro atoms. The van der Waals surface area contributed by atoms with E-state index >= 15 is 0 Å². The van der Waals surface area contributed by atoms with Gasteiger partial charge in [-0.2, -0.15) is 0 Å². The normalized spacial score (nSPS) is 10.9. The standard InChI is InChI=1S/C19H37NO2.Na/c1-18(2)14-12-10-8-6-4-3-5-7-9-11-13-16-20-17-15-19(21)22;/h13,16,18,20H,3-12,14-15,17H2,1-2H3,(H,21,22);/q;+1/p-1. The Hall–Kier alpha value is 0.0100. The third-order valence-corrected chi connectivity index (χ3v) is 3.86. The van der Waals surface area contributed by atoms with Gasteiger partial charge in [0.05, 0.1) is 0 Å². The molecule has 0 rings (SSSR count). The van der Waals surface area contributed by atoms with Crippen molar-refractivity contribution in [2.45, 2.75) is 90.9 Å². The maximum Gasteiger partial charge on any atom is 1.00 e. The zero-order valence-corrected chi connectivity index (χ0v) is 17.7. The maximum atomic E-state index is 10.2. The SMILES string of the molecule is CC(C)CCCCCCCCCCCC=CNCCC(=O)[O-].[Na+]. The number of unbranched alkanes of at least 4 members (excludes halogenated alkanes) is 9. The molecule has 0 saturated carbocycles. The first-order valence-electron chi connectivity index (χ1n) is 9.21. The van der Waals surface area contributed by atoms with Crippen LogP contribution in [0.3, 0.4) is 0 Å². The molecular formula is C19H36NNaO2. The Morgan fingerprint density at radius 2 is 1.48 bits per heavy atom. The number of aliphatic carboxylic acids is 1. The van der Waals surface area contributed by atoms with Gasteiger partial charge in [0.15, 0.2) is 0 Å². The van der Waals surface area contributed by atoms with E-state index in [0.29, 0.717) is 6.54 Å². The van der Waals surface area contributed by atoms with Crippen LogP contribution in [0.4, 0.5) is 0 Å². The predicted octanol–water partition coefficient (Wildman–Crippen LogP) is 1.18. The zero-order valence-electron chi connectivity index (χ0n) is 15.7. The molecule has 0 amide bonds. The van der Waals surface area contributed by atoms with Crippen molar-refractivity contribution in [2.75, 3.05) is 6.54 Å². The second-order valence-corrected chi connectivity index (χ2v) is 6.63. The van der Waals surface area contributed by atoms with Crippen molar-refractivity contribution < 1.29 is 39.5 Å². The molecule has 0 saturated heterocycles. The van der Waals surface area contributed by atoms with Gasteiger partial charge in [-0.05, 0) is 25.0 Å². The average Bonchev–Trinajstić information content (AvgIpc) is 2.46. The van der Waals surface area contributed by atoms with Crippen LogP contribution in [0.2, 0.25) is 0 Å². The Morgan fingerprint density at radius 3 is 2.00 bits per heavy atom. The molecule has 130 valence electrons. The summed E-state index contributed by atoms with van der Waals surface area (Å²) in [7, 11) is 0. The largest absolute Gasteiger partial charge is 1.00 e. The van der Waals surface area contributed by atoms with Gasteiger partial charge in [0, 0.05) is 18.9 Å². The van der Waals surface area contributed by atoms with E-state index in [2.05, 4.69) is 25.2 Å². The molecule has 0 atom stereocenters. The fourth-order valence-electron chi connectivity index (χ4n) is 2.48. The third-order valence-electron chi connectivity index (χ3n) is 3.86. The Kier molecular flexibility index (Phi) is 22.0. The van der Waals surface area contributed by atoms with Crippen molar-refractivity contribution in [1.29, 1.82) is 0 Å². The summed E-state index contributed by atoms with van der Waals surface area (Å²) in [5.41, 5.74) is 0. The number of nitrogens with one attached hydrogen (secondary N) is 1. The van der Waals surface area contributed by atoms with Gasteiger partial charge in [-0.25, -0.2) is 0 Å². The summed E-state index contributed by atoms with van der Waals surface area (Å²) in [6, 6.07) is 0. The number of allylic oxidation sites excluding steroid dienone is 1. The van der Waals surface area contributed by atoms with Crippen molar-refractivity contribution >= 4 is 5.97 Å². The summed E-state index contributed by atoms with van der Waals surface area (Å²) in [6.07, 6.45) is 18.7. The Labute approximate surface area is 166 Å². The molecule has 0 unspecified atom stereocenters. The van der Waals surface area contributed by atoms with Crippen LogP contribution >= 0.6 is 0 Å². The molecule has 3 nitrogen and oxygen atoms in total. The second-order valence-electron chi connectivity index (χ2n) is 6.63. The van der Waals surface area contributed by atoms with Crippen LogP contribution in [0, 0.1) is 5.92 Å². The summed E-state index contributed by atoms with van der Waals surface area (Å²) in [5, 5.41) is 13.1. The number of hydrogen-bond acceptors (Lipinski definition) is 3. The smallest absolute Gasteiger partial charge is 0.550 e. The van der Waals surface area contributed by atoms with Crippen molar-refractivity contribution in [3.8, 4) is 0 Å². The predicted molar refractivity (Wildman–Crippen MR) is 92.4 cm³/mol. The van der Waals surface area contributed by atoms with Crippen LogP contribution in [0.1, 0.15) is 90.9 Å². The molecule has 0 fully saturated rings. The molecule has 0 aromatic carbocycles. The number of carbonyl (C=O) groups is 1. The molecule has 0 heterocycles. The summed E-state index contributed by atoms with van der Waals surface area (Å²) in [6.45, 7) is 5.06. The van der Waals surface area contributed by atoms with Crippen LogP contribution < -0.4 is 40.0 Å². The fourth-order valence-corrected chi connectivity index (χ4v) is 2.48. The van der Waals surface area contributed by atoms with Crippen LogP contribution in [-0.2, 0) is 4.79 Å². The minimum Gasteiger partial charge on any atom is -0.550 e. The van der Waals surface area contributed by atoms with Crippen molar-refractivity contribution in [3.05, 3.63) is 12.3 Å². The van der Waals surface area contributed by atoms with Gasteiger partial charge in [-0.3, -0.25) is 0 Å². The first-order valence-corrected chi connectivity index (χ1v) is 9.21. The molecular weight excluding hydrogens is 297 g/mol. The van der Waals surface area contributed by atoms with Crippen molar-refractivity contribution in [3.63, 3.8) is 0 Å². The van der Waals surface area contributed by atoms with E-state index in [0.717, 1.165) is 12.3 Å². The fraction of sp³-hybridized carbons (Fsp3) is 0.842. The van der Waals surface area contributed by atoms with Gasteiger partial charge in [0.25, 0.3) is 0 Å². The molecule has 0 aromatic rings. The van der Waals surface area contributed by atoms with E-state index in [4.69, 9.17) is 0 Å². The van der Waals surface area contributed by atoms with E-state index in [1.165, 1.54) is 64.2 Å². The number of hydrogen-bond donors (Lipinski definition) is 1. The molecule has 23 heavy (non-hydrogen) atoms. The van der Waals surface area contributed by atoms with E-state index in [9.17, 15) is 9.90 Å².